The Hall–Kier alpha value is -4.72. The van der Waals surface area contributed by atoms with Gasteiger partial charge in [0.2, 0.25) is 5.90 Å². The molecule has 2 atom stereocenters. The highest BCUT2D eigenvalue weighted by atomic mass is 79.9. The van der Waals surface area contributed by atoms with Crippen molar-refractivity contribution in [3.63, 3.8) is 0 Å². The molecule has 1 aliphatic rings. The third kappa shape index (κ3) is 7.87. The maximum Gasteiger partial charge on any atom is 0.252 e. The van der Waals surface area contributed by atoms with Crippen LogP contribution in [0.2, 0.25) is 0 Å². The van der Waals surface area contributed by atoms with Gasteiger partial charge in [-0.15, -0.1) is 0 Å². The van der Waals surface area contributed by atoms with E-state index in [9.17, 15) is 4.79 Å². The Morgan fingerprint density at radius 2 is 1.48 bits per heavy atom. The SMILES string of the molecule is Cc1ccc(CCNC(=O)[C@]2(Cc3ccc(Br)cc3)N=C(c3ccc(OCCCO)cc3)O[C@@H]2c2ccc(-c3ccccc3)cc2)cc1. The number of benzene rings is 5. The number of halogens is 1. The average molecular weight is 704 g/mol. The van der Waals surface area contributed by atoms with Gasteiger partial charge in [-0.05, 0) is 77.6 Å². The van der Waals surface area contributed by atoms with E-state index in [1.165, 1.54) is 5.56 Å². The second-order valence-corrected chi connectivity index (χ2v) is 13.0. The normalized spacial score (nSPS) is 17.0. The van der Waals surface area contributed by atoms with Crippen molar-refractivity contribution in [3.8, 4) is 16.9 Å². The lowest BCUT2D eigenvalue weighted by atomic mass is 9.81. The molecule has 1 heterocycles. The summed E-state index contributed by atoms with van der Waals surface area (Å²) in [7, 11) is 0. The second kappa shape index (κ2) is 15.5. The van der Waals surface area contributed by atoms with E-state index in [1.54, 1.807) is 0 Å². The van der Waals surface area contributed by atoms with Crippen molar-refractivity contribution in [1.29, 1.82) is 0 Å². The van der Waals surface area contributed by atoms with Crippen LogP contribution in [0.1, 0.15) is 40.3 Å². The van der Waals surface area contributed by atoms with Gasteiger partial charge < -0.3 is 19.9 Å². The first-order chi connectivity index (χ1) is 23.4. The maximum atomic E-state index is 14.6. The summed E-state index contributed by atoms with van der Waals surface area (Å²) in [4.78, 5) is 19.8. The first-order valence-electron chi connectivity index (χ1n) is 16.3. The Labute approximate surface area is 290 Å². The van der Waals surface area contributed by atoms with Crippen molar-refractivity contribution in [1.82, 2.24) is 5.32 Å². The molecule has 2 N–H and O–H groups in total. The van der Waals surface area contributed by atoms with E-state index in [-0.39, 0.29) is 12.5 Å². The number of aliphatic hydroxyl groups excluding tert-OH is 1. The molecule has 0 radical (unpaired) electrons. The number of hydrogen-bond donors (Lipinski definition) is 2. The van der Waals surface area contributed by atoms with Gasteiger partial charge in [-0.3, -0.25) is 4.79 Å². The van der Waals surface area contributed by atoms with Gasteiger partial charge in [-0.1, -0.05) is 112 Å². The Morgan fingerprint density at radius 1 is 0.833 bits per heavy atom. The van der Waals surface area contributed by atoms with Crippen LogP contribution in [0.4, 0.5) is 0 Å². The molecular weight excluding hydrogens is 664 g/mol. The molecule has 6 nitrogen and oxygen atoms in total. The van der Waals surface area contributed by atoms with Gasteiger partial charge >= 0.3 is 0 Å². The minimum absolute atomic E-state index is 0.0734. The van der Waals surface area contributed by atoms with Crippen molar-refractivity contribution in [2.45, 2.75) is 37.8 Å². The Bertz CT molecular complexity index is 1820. The highest BCUT2D eigenvalue weighted by molar-refractivity contribution is 9.10. The van der Waals surface area contributed by atoms with Crippen LogP contribution in [0.15, 0.2) is 137 Å². The van der Waals surface area contributed by atoms with E-state index < -0.39 is 11.6 Å². The van der Waals surface area contributed by atoms with Crippen molar-refractivity contribution < 1.29 is 19.4 Å². The summed E-state index contributed by atoms with van der Waals surface area (Å²) < 4.78 is 13.4. The van der Waals surface area contributed by atoms with Crippen molar-refractivity contribution in [3.05, 3.63) is 160 Å². The van der Waals surface area contributed by atoms with E-state index >= 15 is 0 Å². The smallest absolute Gasteiger partial charge is 0.252 e. The highest BCUT2D eigenvalue weighted by Crippen LogP contribution is 2.43. The first kappa shape index (κ1) is 33.2. The fraction of sp³-hybridized carbons (Fsp3) is 0.220. The van der Waals surface area contributed by atoms with Crippen LogP contribution in [0.5, 0.6) is 5.75 Å². The molecular formula is C41H39BrN2O4. The number of carbonyl (C=O) groups is 1. The molecule has 1 aliphatic heterocycles. The fourth-order valence-corrected chi connectivity index (χ4v) is 6.17. The van der Waals surface area contributed by atoms with Crippen molar-refractivity contribution >= 4 is 27.7 Å². The summed E-state index contributed by atoms with van der Waals surface area (Å²) in [5.41, 5.74) is 5.86. The zero-order valence-electron chi connectivity index (χ0n) is 26.9. The molecule has 0 aliphatic carbocycles. The van der Waals surface area contributed by atoms with E-state index in [4.69, 9.17) is 19.6 Å². The summed E-state index contributed by atoms with van der Waals surface area (Å²) >= 11 is 3.55. The van der Waals surface area contributed by atoms with E-state index in [0.717, 1.165) is 37.9 Å². The quantitative estimate of drug-likeness (QED) is 0.122. The Kier molecular flexibility index (Phi) is 10.7. The number of nitrogens with zero attached hydrogens (tertiary/aromatic N) is 1. The molecule has 0 saturated heterocycles. The minimum atomic E-state index is -1.28. The summed E-state index contributed by atoms with van der Waals surface area (Å²) in [5.74, 6) is 0.905. The molecule has 0 unspecified atom stereocenters. The van der Waals surface area contributed by atoms with E-state index in [0.29, 0.717) is 44.1 Å². The molecule has 244 valence electrons. The molecule has 6 rings (SSSR count). The molecule has 0 fully saturated rings. The lowest BCUT2D eigenvalue weighted by Crippen LogP contribution is -2.50. The van der Waals surface area contributed by atoms with E-state index in [1.807, 2.05) is 78.9 Å². The zero-order chi connectivity index (χ0) is 33.3. The van der Waals surface area contributed by atoms with Gasteiger partial charge in [0.1, 0.15) is 5.75 Å². The zero-order valence-corrected chi connectivity index (χ0v) is 28.5. The standard InChI is InChI=1S/C41H39BrN2O4/c1-29-8-10-30(11-9-29)24-25-43-40(46)41(28-31-12-20-36(42)21-13-31)38(34-16-14-33(15-17-34)32-6-3-2-4-7-32)48-39(44-41)35-18-22-37(23-19-35)47-27-5-26-45/h2-4,6-23,38,45H,5,24-28H2,1H3,(H,43,46)/t38-,41-/m1/s1. The Morgan fingerprint density at radius 3 is 2.17 bits per heavy atom. The van der Waals surface area contributed by atoms with Gasteiger partial charge in [0.15, 0.2) is 11.6 Å². The number of aryl methyl sites for hydroxylation is 1. The number of carbonyl (C=O) groups excluding carboxylic acids is 1. The van der Waals surface area contributed by atoms with E-state index in [2.05, 4.69) is 76.7 Å². The van der Waals surface area contributed by atoms with Crippen LogP contribution in [0, 0.1) is 6.92 Å². The largest absolute Gasteiger partial charge is 0.494 e. The van der Waals surface area contributed by atoms with Crippen LogP contribution in [0.3, 0.4) is 0 Å². The lowest BCUT2D eigenvalue weighted by Gasteiger charge is -2.31. The number of ether oxygens (including phenoxy) is 2. The first-order valence-corrected chi connectivity index (χ1v) is 17.1. The molecule has 0 spiro atoms. The number of nitrogens with one attached hydrogen (secondary N) is 1. The Balaban J connectivity index is 1.37. The molecule has 1 amide bonds. The molecule has 7 heteroatoms. The number of aliphatic imine (C=N–C) groups is 1. The topological polar surface area (TPSA) is 80.2 Å². The van der Waals surface area contributed by atoms with Gasteiger partial charge in [0.05, 0.1) is 6.61 Å². The summed E-state index contributed by atoms with van der Waals surface area (Å²) in [6, 6.07) is 42.3. The third-order valence-corrected chi connectivity index (χ3v) is 9.09. The number of amides is 1. The summed E-state index contributed by atoms with van der Waals surface area (Å²) in [6.07, 6.45) is 0.917. The monoisotopic (exact) mass is 702 g/mol. The number of rotatable bonds is 13. The second-order valence-electron chi connectivity index (χ2n) is 12.1. The third-order valence-electron chi connectivity index (χ3n) is 8.56. The van der Waals surface area contributed by atoms with Crippen LogP contribution in [-0.2, 0) is 22.4 Å². The van der Waals surface area contributed by atoms with Gasteiger partial charge in [-0.2, -0.15) is 0 Å². The van der Waals surface area contributed by atoms with Crippen LogP contribution < -0.4 is 10.1 Å². The van der Waals surface area contributed by atoms with Crippen LogP contribution in [-0.4, -0.2) is 42.2 Å². The predicted octanol–water partition coefficient (Wildman–Crippen LogP) is 8.04. The average Bonchev–Trinajstić information content (AvgIpc) is 3.51. The molecule has 0 aromatic heterocycles. The van der Waals surface area contributed by atoms with Crippen molar-refractivity contribution in [2.75, 3.05) is 19.8 Å². The number of aliphatic hydroxyl groups is 1. The summed E-state index contributed by atoms with van der Waals surface area (Å²) in [6.45, 7) is 3.03. The predicted molar refractivity (Wildman–Crippen MR) is 194 cm³/mol. The molecule has 5 aromatic rings. The lowest BCUT2D eigenvalue weighted by molar-refractivity contribution is -0.128. The molecule has 5 aromatic carbocycles. The molecule has 0 bridgehead atoms. The fourth-order valence-electron chi connectivity index (χ4n) is 5.90. The molecule has 48 heavy (non-hydrogen) atoms. The van der Waals surface area contributed by atoms with Gasteiger partial charge in [-0.25, -0.2) is 4.99 Å². The summed E-state index contributed by atoms with van der Waals surface area (Å²) in [5, 5.41) is 12.3. The van der Waals surface area contributed by atoms with Crippen LogP contribution >= 0.6 is 15.9 Å². The minimum Gasteiger partial charge on any atom is -0.494 e. The maximum absolute atomic E-state index is 14.6. The van der Waals surface area contributed by atoms with Gasteiger partial charge in [0.25, 0.3) is 5.91 Å². The highest BCUT2D eigenvalue weighted by Gasteiger charge is 2.53. The van der Waals surface area contributed by atoms with Crippen molar-refractivity contribution in [2.24, 2.45) is 4.99 Å². The van der Waals surface area contributed by atoms with Crippen LogP contribution in [0.25, 0.3) is 11.1 Å². The molecule has 0 saturated carbocycles. The number of hydrogen-bond acceptors (Lipinski definition) is 5. The van der Waals surface area contributed by atoms with Gasteiger partial charge in [0, 0.05) is 36.0 Å².